The highest BCUT2D eigenvalue weighted by Crippen LogP contribution is 2.09. The zero-order valence-corrected chi connectivity index (χ0v) is 15.3. The smallest absolute Gasteiger partial charge is 0.228 e. The molecule has 0 saturated heterocycles. The normalized spacial score (nSPS) is 11.7. The van der Waals surface area contributed by atoms with Crippen LogP contribution in [0, 0.1) is 5.92 Å². The Labute approximate surface area is 138 Å². The van der Waals surface area contributed by atoms with Crippen LogP contribution in [0.25, 0.3) is 0 Å². The third kappa shape index (κ3) is 7.06. The highest BCUT2D eigenvalue weighted by Gasteiger charge is 2.09. The Morgan fingerprint density at radius 1 is 1.25 bits per heavy atom. The first-order chi connectivity index (χ1) is 9.02. The van der Waals surface area contributed by atoms with E-state index >= 15 is 0 Å². The van der Waals surface area contributed by atoms with Crippen molar-refractivity contribution in [3.8, 4) is 0 Å². The second kappa shape index (κ2) is 9.95. The summed E-state index contributed by atoms with van der Waals surface area (Å²) in [6.45, 7) is 10.0. The van der Waals surface area contributed by atoms with Crippen molar-refractivity contribution in [1.29, 1.82) is 0 Å². The molecule has 7 heteroatoms. The lowest BCUT2D eigenvalue weighted by Gasteiger charge is -2.12. The van der Waals surface area contributed by atoms with Crippen molar-refractivity contribution in [3.05, 3.63) is 11.7 Å². The minimum atomic E-state index is 0. The second-order valence-corrected chi connectivity index (χ2v) is 5.22. The van der Waals surface area contributed by atoms with E-state index in [1.807, 2.05) is 13.8 Å². The standard InChI is InChI=1S/C13H25N5O.HI/c1-9(2)8-16-13(14-5)15-7-6-11-17-12(10(3)4)18-19-11;/h9-10H,6-8H2,1-5H3,(H2,14,15,16);1H. The molecule has 6 nitrogen and oxygen atoms in total. The molecule has 0 saturated carbocycles. The number of rotatable bonds is 6. The molecule has 0 unspecified atom stereocenters. The molecule has 0 spiro atoms. The van der Waals surface area contributed by atoms with Crippen LogP contribution in [0.4, 0.5) is 0 Å². The summed E-state index contributed by atoms with van der Waals surface area (Å²) in [7, 11) is 1.76. The highest BCUT2D eigenvalue weighted by atomic mass is 127. The monoisotopic (exact) mass is 395 g/mol. The number of hydrogen-bond acceptors (Lipinski definition) is 4. The van der Waals surface area contributed by atoms with Gasteiger partial charge in [0.25, 0.3) is 0 Å². The number of nitrogens with zero attached hydrogens (tertiary/aromatic N) is 3. The second-order valence-electron chi connectivity index (χ2n) is 5.22. The van der Waals surface area contributed by atoms with Gasteiger partial charge in [-0.25, -0.2) is 0 Å². The van der Waals surface area contributed by atoms with Gasteiger partial charge in [0.15, 0.2) is 11.8 Å². The van der Waals surface area contributed by atoms with E-state index in [2.05, 4.69) is 39.6 Å². The fraction of sp³-hybridized carbons (Fsp3) is 0.769. The van der Waals surface area contributed by atoms with E-state index in [0.717, 1.165) is 24.9 Å². The van der Waals surface area contributed by atoms with Crippen molar-refractivity contribution in [2.75, 3.05) is 20.1 Å². The van der Waals surface area contributed by atoms with E-state index in [9.17, 15) is 0 Å². The van der Waals surface area contributed by atoms with Crippen LogP contribution in [0.3, 0.4) is 0 Å². The molecule has 0 aliphatic heterocycles. The molecular weight excluding hydrogens is 369 g/mol. The van der Waals surface area contributed by atoms with Crippen LogP contribution < -0.4 is 10.6 Å². The molecule has 0 aromatic carbocycles. The Kier molecular flexibility index (Phi) is 9.52. The van der Waals surface area contributed by atoms with Crippen LogP contribution in [-0.2, 0) is 6.42 Å². The molecule has 1 heterocycles. The van der Waals surface area contributed by atoms with Gasteiger partial charge in [0.2, 0.25) is 5.89 Å². The van der Waals surface area contributed by atoms with E-state index in [1.165, 1.54) is 0 Å². The molecule has 0 atom stereocenters. The minimum Gasteiger partial charge on any atom is -0.356 e. The third-order valence-corrected chi connectivity index (χ3v) is 2.53. The fourth-order valence-corrected chi connectivity index (χ4v) is 1.41. The Morgan fingerprint density at radius 2 is 1.95 bits per heavy atom. The largest absolute Gasteiger partial charge is 0.356 e. The number of nitrogens with one attached hydrogen (secondary N) is 2. The van der Waals surface area contributed by atoms with Crippen LogP contribution in [0.5, 0.6) is 0 Å². The molecule has 0 aliphatic rings. The molecule has 1 aromatic rings. The summed E-state index contributed by atoms with van der Waals surface area (Å²) >= 11 is 0. The Morgan fingerprint density at radius 3 is 2.45 bits per heavy atom. The Hall–Kier alpha value is -0.860. The maximum atomic E-state index is 5.18. The molecule has 0 radical (unpaired) electrons. The summed E-state index contributed by atoms with van der Waals surface area (Å²) in [6, 6.07) is 0. The van der Waals surface area contributed by atoms with Crippen molar-refractivity contribution in [2.45, 2.75) is 40.0 Å². The number of aromatic nitrogens is 2. The van der Waals surface area contributed by atoms with Crippen LogP contribution in [0.15, 0.2) is 9.52 Å². The molecule has 0 amide bonds. The van der Waals surface area contributed by atoms with Gasteiger partial charge in [0.05, 0.1) is 0 Å². The summed E-state index contributed by atoms with van der Waals surface area (Å²) in [5.74, 6) is 3.11. The summed E-state index contributed by atoms with van der Waals surface area (Å²) in [5.41, 5.74) is 0. The molecule has 0 bridgehead atoms. The Bertz CT molecular complexity index is 403. The van der Waals surface area contributed by atoms with Gasteiger partial charge in [0.1, 0.15) is 0 Å². The maximum Gasteiger partial charge on any atom is 0.228 e. The van der Waals surface area contributed by atoms with Gasteiger partial charge in [-0.05, 0) is 5.92 Å². The van der Waals surface area contributed by atoms with Gasteiger partial charge in [-0.1, -0.05) is 32.9 Å². The number of halogens is 1. The molecule has 116 valence electrons. The fourth-order valence-electron chi connectivity index (χ4n) is 1.41. The van der Waals surface area contributed by atoms with E-state index < -0.39 is 0 Å². The van der Waals surface area contributed by atoms with Crippen LogP contribution >= 0.6 is 24.0 Å². The molecule has 2 N–H and O–H groups in total. The molecule has 0 aliphatic carbocycles. The van der Waals surface area contributed by atoms with E-state index in [-0.39, 0.29) is 24.0 Å². The van der Waals surface area contributed by atoms with Gasteiger partial charge in [0, 0.05) is 32.5 Å². The van der Waals surface area contributed by atoms with Gasteiger partial charge < -0.3 is 15.2 Å². The first-order valence-electron chi connectivity index (χ1n) is 6.80. The summed E-state index contributed by atoms with van der Waals surface area (Å²) < 4.78 is 5.18. The first-order valence-corrected chi connectivity index (χ1v) is 6.80. The molecular formula is C13H26IN5O. The first kappa shape index (κ1) is 19.1. The SMILES string of the molecule is CN=C(NCCc1nc(C(C)C)no1)NCC(C)C.I. The third-order valence-electron chi connectivity index (χ3n) is 2.53. The highest BCUT2D eigenvalue weighted by molar-refractivity contribution is 14.0. The van der Waals surface area contributed by atoms with Gasteiger partial charge in [-0.2, -0.15) is 4.98 Å². The lowest BCUT2D eigenvalue weighted by atomic mass is 10.2. The lowest BCUT2D eigenvalue weighted by Crippen LogP contribution is -2.39. The predicted octanol–water partition coefficient (Wildman–Crippen LogP) is 2.17. The number of aliphatic imine (C=N–C) groups is 1. The van der Waals surface area contributed by atoms with E-state index in [1.54, 1.807) is 7.05 Å². The average molecular weight is 395 g/mol. The zero-order chi connectivity index (χ0) is 14.3. The van der Waals surface area contributed by atoms with Crippen molar-refractivity contribution in [1.82, 2.24) is 20.8 Å². The van der Waals surface area contributed by atoms with Crippen molar-refractivity contribution in [2.24, 2.45) is 10.9 Å². The number of hydrogen-bond donors (Lipinski definition) is 2. The molecule has 20 heavy (non-hydrogen) atoms. The van der Waals surface area contributed by atoms with Crippen molar-refractivity contribution in [3.63, 3.8) is 0 Å². The van der Waals surface area contributed by atoms with Crippen LogP contribution in [0.1, 0.15) is 45.3 Å². The quantitative estimate of drug-likeness (QED) is 0.439. The summed E-state index contributed by atoms with van der Waals surface area (Å²) in [5, 5.41) is 10.4. The minimum absolute atomic E-state index is 0. The van der Waals surface area contributed by atoms with Crippen molar-refractivity contribution >= 4 is 29.9 Å². The number of guanidine groups is 1. The van der Waals surface area contributed by atoms with Crippen LogP contribution in [-0.4, -0.2) is 36.2 Å². The summed E-state index contributed by atoms with van der Waals surface area (Å²) in [6.07, 6.45) is 0.697. The van der Waals surface area contributed by atoms with E-state index in [4.69, 9.17) is 4.52 Å². The predicted molar refractivity (Wildman–Crippen MR) is 91.7 cm³/mol. The van der Waals surface area contributed by atoms with Gasteiger partial charge in [-0.3, -0.25) is 4.99 Å². The van der Waals surface area contributed by atoms with Gasteiger partial charge >= 0.3 is 0 Å². The topological polar surface area (TPSA) is 75.3 Å². The van der Waals surface area contributed by atoms with E-state index in [0.29, 0.717) is 24.1 Å². The molecule has 0 fully saturated rings. The molecule has 1 aromatic heterocycles. The molecule has 1 rings (SSSR count). The lowest BCUT2D eigenvalue weighted by molar-refractivity contribution is 0.371. The zero-order valence-electron chi connectivity index (χ0n) is 12.9. The van der Waals surface area contributed by atoms with Crippen molar-refractivity contribution < 1.29 is 4.52 Å². The van der Waals surface area contributed by atoms with Crippen LogP contribution in [0.2, 0.25) is 0 Å². The maximum absolute atomic E-state index is 5.18. The average Bonchev–Trinajstić information content (AvgIpc) is 2.82. The Balaban J connectivity index is 0.00000361. The van der Waals surface area contributed by atoms with Gasteiger partial charge in [-0.15, -0.1) is 24.0 Å². The summed E-state index contributed by atoms with van der Waals surface area (Å²) in [4.78, 5) is 8.48.